The van der Waals surface area contributed by atoms with Gasteiger partial charge in [0.05, 0.1) is 5.52 Å². The van der Waals surface area contributed by atoms with Gasteiger partial charge < -0.3 is 19.5 Å². The predicted molar refractivity (Wildman–Crippen MR) is 113 cm³/mol. The summed E-state index contributed by atoms with van der Waals surface area (Å²) in [5.74, 6) is -6.42. The Morgan fingerprint density at radius 2 is 1.91 bits per heavy atom. The highest BCUT2D eigenvalue weighted by molar-refractivity contribution is 5.89. The first kappa shape index (κ1) is 22.2. The summed E-state index contributed by atoms with van der Waals surface area (Å²) in [6.45, 7) is 2.69. The van der Waals surface area contributed by atoms with Gasteiger partial charge in [-0.3, -0.25) is 0 Å². The molecule has 3 aromatic rings. The molecule has 170 valence electrons. The molecule has 5 nitrogen and oxygen atoms in total. The minimum Gasteiger partial charge on any atom is -0.508 e. The highest BCUT2D eigenvalue weighted by atomic mass is 19.3. The van der Waals surface area contributed by atoms with Crippen molar-refractivity contribution in [1.29, 1.82) is 0 Å². The fourth-order valence-electron chi connectivity index (χ4n) is 4.46. The molecule has 8 heteroatoms. The smallest absolute Gasteiger partial charge is 0.374 e. The number of ether oxygens (including phenoxy) is 1. The van der Waals surface area contributed by atoms with Crippen molar-refractivity contribution in [2.24, 2.45) is 0 Å². The van der Waals surface area contributed by atoms with Crippen LogP contribution in [0, 0.1) is 12.7 Å². The van der Waals surface area contributed by atoms with Crippen LogP contribution in [-0.2, 0) is 16.0 Å². The van der Waals surface area contributed by atoms with E-state index in [1.165, 1.54) is 18.2 Å². The molecule has 1 saturated heterocycles. The number of carboxylic acids is 1. The Bertz CT molecular complexity index is 1170. The number of fused-ring (bicyclic) bond motifs is 1. The summed E-state index contributed by atoms with van der Waals surface area (Å²) in [5.41, 5.74) is 3.16. The third-order valence-electron chi connectivity index (χ3n) is 6.11. The van der Waals surface area contributed by atoms with Crippen molar-refractivity contribution in [2.75, 3.05) is 13.2 Å². The van der Waals surface area contributed by atoms with Gasteiger partial charge in [0.2, 0.25) is 0 Å². The predicted octanol–water partition coefficient (Wildman–Crippen LogP) is 5.33. The summed E-state index contributed by atoms with van der Waals surface area (Å²) in [4.78, 5) is 11.0. The number of halogens is 3. The van der Waals surface area contributed by atoms with Gasteiger partial charge in [-0.05, 0) is 73.7 Å². The van der Waals surface area contributed by atoms with Crippen molar-refractivity contribution in [2.45, 2.75) is 44.4 Å². The quantitative estimate of drug-likeness (QED) is 0.536. The maximum Gasteiger partial charge on any atom is 0.374 e. The molecular weight excluding hydrogens is 423 g/mol. The summed E-state index contributed by atoms with van der Waals surface area (Å²) in [6, 6.07) is 9.42. The Morgan fingerprint density at radius 1 is 1.19 bits per heavy atom. The number of benzene rings is 2. The molecule has 2 aromatic carbocycles. The highest BCUT2D eigenvalue weighted by Crippen LogP contribution is 2.41. The molecule has 0 aliphatic carbocycles. The normalized spacial score (nSPS) is 15.4. The summed E-state index contributed by atoms with van der Waals surface area (Å²) in [7, 11) is 0. The SMILES string of the molecule is Cc1cc(-n2c(C3CCOCC3)c(CCC(F)(F)C(=O)O)c3cc(O)ccc32)ccc1F. The molecule has 1 aliphatic heterocycles. The second-order valence-corrected chi connectivity index (χ2v) is 8.23. The zero-order chi connectivity index (χ0) is 23.0. The van der Waals surface area contributed by atoms with E-state index < -0.39 is 18.3 Å². The maximum absolute atomic E-state index is 14.0. The van der Waals surface area contributed by atoms with Crippen LogP contribution in [0.3, 0.4) is 0 Å². The third-order valence-corrected chi connectivity index (χ3v) is 6.11. The Morgan fingerprint density at radius 3 is 2.56 bits per heavy atom. The molecule has 0 saturated carbocycles. The second kappa shape index (κ2) is 8.50. The molecule has 0 unspecified atom stereocenters. The van der Waals surface area contributed by atoms with E-state index in [4.69, 9.17) is 9.84 Å². The molecule has 0 spiro atoms. The molecule has 0 bridgehead atoms. The summed E-state index contributed by atoms with van der Waals surface area (Å²) in [6.07, 6.45) is 0.296. The van der Waals surface area contributed by atoms with Gasteiger partial charge in [-0.2, -0.15) is 8.78 Å². The minimum atomic E-state index is -3.87. The number of aliphatic carboxylic acids is 1. The largest absolute Gasteiger partial charge is 0.508 e. The number of carbonyl (C=O) groups is 1. The van der Waals surface area contributed by atoms with Gasteiger partial charge in [0.15, 0.2) is 0 Å². The van der Waals surface area contributed by atoms with Crippen molar-refractivity contribution < 1.29 is 32.9 Å². The molecule has 32 heavy (non-hydrogen) atoms. The maximum atomic E-state index is 14.0. The third kappa shape index (κ3) is 4.07. The van der Waals surface area contributed by atoms with Gasteiger partial charge in [0.1, 0.15) is 11.6 Å². The van der Waals surface area contributed by atoms with Crippen LogP contribution in [0.25, 0.3) is 16.6 Å². The van der Waals surface area contributed by atoms with Crippen molar-refractivity contribution >= 4 is 16.9 Å². The van der Waals surface area contributed by atoms with Crippen LogP contribution < -0.4 is 0 Å². The monoisotopic (exact) mass is 447 g/mol. The molecule has 4 rings (SSSR count). The van der Waals surface area contributed by atoms with Gasteiger partial charge in [0, 0.05) is 42.3 Å². The van der Waals surface area contributed by atoms with Gasteiger partial charge >= 0.3 is 11.9 Å². The zero-order valence-corrected chi connectivity index (χ0v) is 17.6. The van der Waals surface area contributed by atoms with Gasteiger partial charge in [-0.1, -0.05) is 0 Å². The Kier molecular flexibility index (Phi) is 5.90. The van der Waals surface area contributed by atoms with E-state index in [9.17, 15) is 23.1 Å². The van der Waals surface area contributed by atoms with E-state index in [1.807, 2.05) is 4.57 Å². The Hall–Kier alpha value is -3.00. The lowest BCUT2D eigenvalue weighted by Gasteiger charge is -2.26. The molecule has 2 N–H and O–H groups in total. The van der Waals surface area contributed by atoms with Crippen molar-refractivity contribution in [1.82, 2.24) is 4.57 Å². The number of aromatic hydroxyl groups is 1. The van der Waals surface area contributed by atoms with E-state index in [0.29, 0.717) is 53.8 Å². The summed E-state index contributed by atoms with van der Waals surface area (Å²) >= 11 is 0. The van der Waals surface area contributed by atoms with Gasteiger partial charge in [-0.15, -0.1) is 0 Å². The van der Waals surface area contributed by atoms with Crippen LogP contribution in [-0.4, -0.2) is 39.9 Å². The Balaban J connectivity index is 1.96. The number of phenols is 1. The first-order chi connectivity index (χ1) is 15.2. The average Bonchev–Trinajstić information content (AvgIpc) is 3.08. The van der Waals surface area contributed by atoms with E-state index in [2.05, 4.69) is 0 Å². The number of phenolic OH excluding ortho intramolecular Hbond substituents is 1. The average molecular weight is 447 g/mol. The van der Waals surface area contributed by atoms with Crippen LogP contribution >= 0.6 is 0 Å². The van der Waals surface area contributed by atoms with E-state index in [1.54, 1.807) is 25.1 Å². The molecule has 0 atom stereocenters. The lowest BCUT2D eigenvalue weighted by Crippen LogP contribution is -2.29. The zero-order valence-electron chi connectivity index (χ0n) is 17.6. The van der Waals surface area contributed by atoms with Crippen LogP contribution in [0.4, 0.5) is 13.2 Å². The number of nitrogens with zero attached hydrogens (tertiary/aromatic N) is 1. The lowest BCUT2D eigenvalue weighted by atomic mass is 9.90. The van der Waals surface area contributed by atoms with Crippen molar-refractivity contribution in [3.05, 3.63) is 59.0 Å². The standard InChI is InChI=1S/C24H24F3NO4/c1-14-12-16(2-4-20(14)25)28-21-5-3-17(29)13-19(21)18(6-9-24(26,27)23(30)31)22(28)15-7-10-32-11-8-15/h2-5,12-13,15,29H,6-11H2,1H3,(H,30,31). The van der Waals surface area contributed by atoms with Gasteiger partial charge in [-0.25, -0.2) is 9.18 Å². The molecule has 1 aliphatic rings. The minimum absolute atomic E-state index is 0.0166. The molecule has 1 aromatic heterocycles. The fraction of sp³-hybridized carbons (Fsp3) is 0.375. The van der Waals surface area contributed by atoms with Crippen LogP contribution in [0.1, 0.15) is 42.0 Å². The highest BCUT2D eigenvalue weighted by Gasteiger charge is 2.39. The fourth-order valence-corrected chi connectivity index (χ4v) is 4.46. The van der Waals surface area contributed by atoms with E-state index >= 15 is 0 Å². The molecular formula is C24H24F3NO4. The first-order valence-electron chi connectivity index (χ1n) is 10.5. The van der Waals surface area contributed by atoms with E-state index in [-0.39, 0.29) is 23.9 Å². The molecule has 1 fully saturated rings. The van der Waals surface area contributed by atoms with Crippen LogP contribution in [0.15, 0.2) is 36.4 Å². The molecule has 0 amide bonds. The van der Waals surface area contributed by atoms with Crippen LogP contribution in [0.5, 0.6) is 5.75 Å². The van der Waals surface area contributed by atoms with Crippen molar-refractivity contribution in [3.8, 4) is 11.4 Å². The number of hydrogen-bond acceptors (Lipinski definition) is 3. The van der Waals surface area contributed by atoms with Crippen molar-refractivity contribution in [3.63, 3.8) is 0 Å². The topological polar surface area (TPSA) is 71.7 Å². The number of carboxylic acid groups (broad SMARTS) is 1. The number of rotatable bonds is 6. The number of aryl methyl sites for hydroxylation is 2. The van der Waals surface area contributed by atoms with Gasteiger partial charge in [0.25, 0.3) is 0 Å². The number of aromatic nitrogens is 1. The number of alkyl halides is 2. The Labute approximate surface area is 183 Å². The lowest BCUT2D eigenvalue weighted by molar-refractivity contribution is -0.165. The van der Waals surface area contributed by atoms with Crippen LogP contribution in [0.2, 0.25) is 0 Å². The van der Waals surface area contributed by atoms with E-state index in [0.717, 1.165) is 5.69 Å². The summed E-state index contributed by atoms with van der Waals surface area (Å²) < 4.78 is 49.4. The second-order valence-electron chi connectivity index (χ2n) is 8.23. The molecule has 2 heterocycles. The summed E-state index contributed by atoms with van der Waals surface area (Å²) in [5, 5.41) is 19.6. The molecule has 0 radical (unpaired) electrons. The first-order valence-corrected chi connectivity index (χ1v) is 10.5. The number of hydrogen-bond donors (Lipinski definition) is 2.